The van der Waals surface area contributed by atoms with Gasteiger partial charge in [0.25, 0.3) is 0 Å². The van der Waals surface area contributed by atoms with Crippen LogP contribution in [0, 0.1) is 6.92 Å². The SMILES string of the molecule is Cc1cc(Br)cc(C(NN)c2ccc(OC3CC3)cc2)c1. The number of hydrogen-bond donors (Lipinski definition) is 2. The molecule has 0 saturated heterocycles. The van der Waals surface area contributed by atoms with E-state index in [0.717, 1.165) is 21.3 Å². The maximum Gasteiger partial charge on any atom is 0.119 e. The molecule has 1 fully saturated rings. The van der Waals surface area contributed by atoms with Gasteiger partial charge < -0.3 is 4.74 Å². The lowest BCUT2D eigenvalue weighted by atomic mass is 9.98. The van der Waals surface area contributed by atoms with Crippen LogP contribution >= 0.6 is 15.9 Å². The van der Waals surface area contributed by atoms with Crippen LogP contribution in [0.4, 0.5) is 0 Å². The molecule has 2 aromatic carbocycles. The molecule has 3 rings (SSSR count). The number of aryl methyl sites for hydroxylation is 1. The quantitative estimate of drug-likeness (QED) is 0.638. The molecule has 0 heterocycles. The van der Waals surface area contributed by atoms with E-state index in [-0.39, 0.29) is 6.04 Å². The van der Waals surface area contributed by atoms with Crippen molar-refractivity contribution < 1.29 is 4.74 Å². The Bertz CT molecular complexity index is 603. The first-order valence-corrected chi connectivity index (χ1v) is 7.95. The van der Waals surface area contributed by atoms with Crippen LogP contribution in [0.25, 0.3) is 0 Å². The van der Waals surface area contributed by atoms with Crippen LogP contribution in [-0.4, -0.2) is 6.10 Å². The summed E-state index contributed by atoms with van der Waals surface area (Å²) in [6, 6.07) is 14.5. The molecule has 110 valence electrons. The van der Waals surface area contributed by atoms with Gasteiger partial charge in [-0.25, -0.2) is 5.43 Å². The maximum absolute atomic E-state index is 5.78. The fourth-order valence-corrected chi connectivity index (χ4v) is 3.06. The van der Waals surface area contributed by atoms with Crippen molar-refractivity contribution in [1.82, 2.24) is 5.43 Å². The third-order valence-electron chi connectivity index (χ3n) is 3.61. The largest absolute Gasteiger partial charge is 0.490 e. The second-order valence-corrected chi connectivity index (χ2v) is 6.46. The maximum atomic E-state index is 5.78. The lowest BCUT2D eigenvalue weighted by Gasteiger charge is -2.18. The van der Waals surface area contributed by atoms with Crippen LogP contribution in [0.5, 0.6) is 5.75 Å². The standard InChI is InChI=1S/C17H19BrN2O/c1-11-8-13(10-14(18)9-11)17(20-19)12-2-4-15(5-3-12)21-16-6-7-16/h2-5,8-10,16-17,20H,6-7,19H2,1H3. The van der Waals surface area contributed by atoms with Crippen molar-refractivity contribution in [1.29, 1.82) is 0 Å². The summed E-state index contributed by atoms with van der Waals surface area (Å²) in [5.74, 6) is 6.70. The van der Waals surface area contributed by atoms with Crippen LogP contribution in [0.15, 0.2) is 46.9 Å². The van der Waals surface area contributed by atoms with Crippen molar-refractivity contribution in [3.63, 3.8) is 0 Å². The summed E-state index contributed by atoms with van der Waals surface area (Å²) in [5, 5.41) is 0. The second kappa shape index (κ2) is 6.18. The number of nitrogens with one attached hydrogen (secondary N) is 1. The zero-order valence-corrected chi connectivity index (χ0v) is 13.6. The Balaban J connectivity index is 1.84. The van der Waals surface area contributed by atoms with Gasteiger partial charge in [0.05, 0.1) is 12.1 Å². The molecule has 0 spiro atoms. The predicted molar refractivity (Wildman–Crippen MR) is 88.1 cm³/mol. The van der Waals surface area contributed by atoms with Crippen LogP contribution in [0.2, 0.25) is 0 Å². The van der Waals surface area contributed by atoms with E-state index >= 15 is 0 Å². The average molecular weight is 347 g/mol. The Morgan fingerprint density at radius 1 is 1.14 bits per heavy atom. The molecule has 0 aliphatic heterocycles. The molecule has 1 aliphatic rings. The van der Waals surface area contributed by atoms with Crippen molar-refractivity contribution in [3.05, 3.63) is 63.6 Å². The van der Waals surface area contributed by atoms with Gasteiger partial charge in [-0.1, -0.05) is 34.1 Å². The summed E-state index contributed by atoms with van der Waals surface area (Å²) in [5.41, 5.74) is 6.36. The van der Waals surface area contributed by atoms with Crippen LogP contribution in [0.3, 0.4) is 0 Å². The Labute approximate surface area is 133 Å². The summed E-state index contributed by atoms with van der Waals surface area (Å²) in [6.07, 6.45) is 2.77. The predicted octanol–water partition coefficient (Wildman–Crippen LogP) is 3.85. The first kappa shape index (κ1) is 14.6. The summed E-state index contributed by atoms with van der Waals surface area (Å²) in [6.45, 7) is 2.08. The van der Waals surface area contributed by atoms with E-state index < -0.39 is 0 Å². The highest BCUT2D eigenvalue weighted by Crippen LogP contribution is 2.29. The molecular weight excluding hydrogens is 328 g/mol. The number of benzene rings is 2. The lowest BCUT2D eigenvalue weighted by molar-refractivity contribution is 0.303. The minimum Gasteiger partial charge on any atom is -0.490 e. The minimum atomic E-state index is -0.0313. The normalized spacial score (nSPS) is 15.8. The Hall–Kier alpha value is -1.36. The second-order valence-electron chi connectivity index (χ2n) is 5.55. The third-order valence-corrected chi connectivity index (χ3v) is 4.06. The number of rotatable bonds is 5. The summed E-state index contributed by atoms with van der Waals surface area (Å²) in [4.78, 5) is 0. The smallest absolute Gasteiger partial charge is 0.119 e. The topological polar surface area (TPSA) is 47.3 Å². The molecule has 1 aliphatic carbocycles. The van der Waals surface area contributed by atoms with Crippen molar-refractivity contribution in [2.45, 2.75) is 31.9 Å². The number of nitrogens with two attached hydrogens (primary N) is 1. The molecular formula is C17H19BrN2O. The highest BCUT2D eigenvalue weighted by Gasteiger charge is 2.23. The Morgan fingerprint density at radius 2 is 1.86 bits per heavy atom. The third kappa shape index (κ3) is 3.64. The van der Waals surface area contributed by atoms with Crippen LogP contribution in [-0.2, 0) is 0 Å². The van der Waals surface area contributed by atoms with E-state index in [9.17, 15) is 0 Å². The Morgan fingerprint density at radius 3 is 2.43 bits per heavy atom. The van der Waals surface area contributed by atoms with E-state index in [1.165, 1.54) is 18.4 Å². The lowest BCUT2D eigenvalue weighted by Crippen LogP contribution is -2.28. The van der Waals surface area contributed by atoms with E-state index in [1.807, 2.05) is 12.1 Å². The first-order valence-electron chi connectivity index (χ1n) is 7.15. The average Bonchev–Trinajstić information content (AvgIpc) is 3.24. The molecule has 2 aromatic rings. The van der Waals surface area contributed by atoms with Crippen molar-refractivity contribution >= 4 is 15.9 Å². The summed E-state index contributed by atoms with van der Waals surface area (Å²) in [7, 11) is 0. The van der Waals surface area contributed by atoms with E-state index in [2.05, 4.69) is 58.6 Å². The highest BCUT2D eigenvalue weighted by atomic mass is 79.9. The molecule has 4 heteroatoms. The first-order chi connectivity index (χ1) is 10.2. The fraction of sp³-hybridized carbons (Fsp3) is 0.294. The molecule has 3 N–H and O–H groups in total. The monoisotopic (exact) mass is 346 g/mol. The van der Waals surface area contributed by atoms with Gasteiger partial charge in [0, 0.05) is 4.47 Å². The van der Waals surface area contributed by atoms with Crippen LogP contribution < -0.4 is 16.0 Å². The van der Waals surface area contributed by atoms with Crippen molar-refractivity contribution in [2.75, 3.05) is 0 Å². The molecule has 3 nitrogen and oxygen atoms in total. The van der Waals surface area contributed by atoms with Gasteiger partial charge in [0.15, 0.2) is 0 Å². The van der Waals surface area contributed by atoms with E-state index in [4.69, 9.17) is 10.6 Å². The zero-order valence-electron chi connectivity index (χ0n) is 12.0. The molecule has 0 aromatic heterocycles. The van der Waals surface area contributed by atoms with Gasteiger partial charge in [0.1, 0.15) is 5.75 Å². The van der Waals surface area contributed by atoms with Crippen molar-refractivity contribution in [3.8, 4) is 5.75 Å². The molecule has 0 bridgehead atoms. The molecule has 1 unspecified atom stereocenters. The summed E-state index contributed by atoms with van der Waals surface area (Å²) >= 11 is 3.54. The molecule has 0 amide bonds. The van der Waals surface area contributed by atoms with Crippen molar-refractivity contribution in [2.24, 2.45) is 5.84 Å². The van der Waals surface area contributed by atoms with Gasteiger partial charge in [-0.2, -0.15) is 0 Å². The molecule has 1 saturated carbocycles. The van der Waals surface area contributed by atoms with Crippen LogP contribution in [0.1, 0.15) is 35.6 Å². The van der Waals surface area contributed by atoms with Gasteiger partial charge in [-0.15, -0.1) is 0 Å². The number of ether oxygens (including phenoxy) is 1. The van der Waals surface area contributed by atoms with Gasteiger partial charge in [-0.3, -0.25) is 5.84 Å². The molecule has 21 heavy (non-hydrogen) atoms. The van der Waals surface area contributed by atoms with E-state index in [1.54, 1.807) is 0 Å². The van der Waals surface area contributed by atoms with E-state index in [0.29, 0.717) is 6.10 Å². The summed E-state index contributed by atoms with van der Waals surface area (Å²) < 4.78 is 6.84. The Kier molecular flexibility index (Phi) is 4.29. The fourth-order valence-electron chi connectivity index (χ4n) is 2.43. The molecule has 0 radical (unpaired) electrons. The number of hydrogen-bond acceptors (Lipinski definition) is 3. The minimum absolute atomic E-state index is 0.0313. The van der Waals surface area contributed by atoms with Gasteiger partial charge >= 0.3 is 0 Å². The zero-order chi connectivity index (χ0) is 14.8. The number of halogens is 1. The van der Waals surface area contributed by atoms with Gasteiger partial charge in [-0.05, 0) is 60.7 Å². The molecule has 1 atom stereocenters. The van der Waals surface area contributed by atoms with Gasteiger partial charge in [0.2, 0.25) is 0 Å². The number of hydrazine groups is 1. The highest BCUT2D eigenvalue weighted by molar-refractivity contribution is 9.10.